The second kappa shape index (κ2) is 10.1. The molecule has 3 aromatic heterocycles. The minimum Gasteiger partial charge on any atom is -0.465 e. The highest BCUT2D eigenvalue weighted by Gasteiger charge is 2.21. The van der Waals surface area contributed by atoms with Crippen LogP contribution in [0.25, 0.3) is 11.2 Å². The highest BCUT2D eigenvalue weighted by Crippen LogP contribution is 2.26. The number of halogens is 1. The van der Waals surface area contributed by atoms with Crippen molar-refractivity contribution >= 4 is 51.3 Å². The summed E-state index contributed by atoms with van der Waals surface area (Å²) in [5, 5.41) is 3.21. The van der Waals surface area contributed by atoms with Gasteiger partial charge in [0.1, 0.15) is 10.7 Å². The van der Waals surface area contributed by atoms with Crippen LogP contribution in [0.4, 0.5) is 9.52 Å². The molecule has 0 spiro atoms. The summed E-state index contributed by atoms with van der Waals surface area (Å²) in [6.45, 7) is 1.80. The molecule has 0 aliphatic carbocycles. The van der Waals surface area contributed by atoms with Gasteiger partial charge in [0.15, 0.2) is 21.5 Å². The van der Waals surface area contributed by atoms with Gasteiger partial charge in [0, 0.05) is 14.1 Å². The molecule has 0 saturated heterocycles. The van der Waals surface area contributed by atoms with Gasteiger partial charge in [0.2, 0.25) is 5.91 Å². The third kappa shape index (κ3) is 4.81. The van der Waals surface area contributed by atoms with Crippen LogP contribution in [-0.2, 0) is 30.2 Å². The summed E-state index contributed by atoms with van der Waals surface area (Å²) in [4.78, 5) is 58.7. The maximum atomic E-state index is 13.4. The molecule has 0 aliphatic heterocycles. The van der Waals surface area contributed by atoms with Gasteiger partial charge in [-0.25, -0.2) is 23.9 Å². The van der Waals surface area contributed by atoms with Crippen molar-refractivity contribution in [3.8, 4) is 0 Å². The molecule has 0 fully saturated rings. The number of amides is 1. The molecule has 36 heavy (non-hydrogen) atoms. The molecule has 0 bridgehead atoms. The van der Waals surface area contributed by atoms with E-state index < -0.39 is 28.9 Å². The first-order valence-corrected chi connectivity index (χ1v) is 12.3. The minimum atomic E-state index is -0.540. The van der Waals surface area contributed by atoms with Crippen molar-refractivity contribution in [1.29, 1.82) is 0 Å². The fourth-order valence-corrected chi connectivity index (χ4v) is 5.17. The number of nitrogens with zero attached hydrogens (tertiary/aromatic N) is 5. The molecule has 0 aliphatic rings. The first-order valence-electron chi connectivity index (χ1n) is 10.5. The summed E-state index contributed by atoms with van der Waals surface area (Å²) in [6, 6.07) is 5.78. The third-order valence-electron chi connectivity index (χ3n) is 5.31. The van der Waals surface area contributed by atoms with Crippen LogP contribution in [0.1, 0.15) is 20.9 Å². The summed E-state index contributed by atoms with van der Waals surface area (Å²) >= 11 is 2.06. The summed E-state index contributed by atoms with van der Waals surface area (Å²) < 4.78 is 22.0. The molecule has 14 heteroatoms. The number of aromatic nitrogens is 5. The zero-order chi connectivity index (χ0) is 26.1. The third-order valence-corrected chi connectivity index (χ3v) is 7.34. The monoisotopic (exact) mass is 532 g/mol. The van der Waals surface area contributed by atoms with Gasteiger partial charge in [-0.15, -0.1) is 0 Å². The first-order chi connectivity index (χ1) is 17.1. The van der Waals surface area contributed by atoms with Gasteiger partial charge in [-0.1, -0.05) is 35.2 Å². The number of carbonyl (C=O) groups is 2. The highest BCUT2D eigenvalue weighted by atomic mass is 32.2. The maximum Gasteiger partial charge on any atom is 0.350 e. The number of hydrogen-bond acceptors (Lipinski definition) is 9. The second-order valence-electron chi connectivity index (χ2n) is 7.75. The molecule has 11 nitrogen and oxygen atoms in total. The molecular weight excluding hydrogens is 511 g/mol. The Morgan fingerprint density at radius 2 is 1.83 bits per heavy atom. The van der Waals surface area contributed by atoms with Crippen LogP contribution in [0.5, 0.6) is 0 Å². The van der Waals surface area contributed by atoms with Crippen molar-refractivity contribution in [2.24, 2.45) is 14.1 Å². The molecule has 0 radical (unpaired) electrons. The van der Waals surface area contributed by atoms with Crippen LogP contribution in [-0.4, -0.2) is 48.4 Å². The Balaban J connectivity index is 1.65. The van der Waals surface area contributed by atoms with Gasteiger partial charge in [-0.2, -0.15) is 0 Å². The lowest BCUT2D eigenvalue weighted by molar-refractivity contribution is -0.113. The lowest BCUT2D eigenvalue weighted by Crippen LogP contribution is -2.37. The number of anilines is 1. The van der Waals surface area contributed by atoms with Crippen LogP contribution in [0.15, 0.2) is 39.0 Å². The van der Waals surface area contributed by atoms with Gasteiger partial charge in [-0.3, -0.25) is 18.7 Å². The lowest BCUT2D eigenvalue weighted by Gasteiger charge is -2.09. The Morgan fingerprint density at radius 1 is 1.14 bits per heavy atom. The van der Waals surface area contributed by atoms with Crippen molar-refractivity contribution in [1.82, 2.24) is 23.7 Å². The van der Waals surface area contributed by atoms with Gasteiger partial charge >= 0.3 is 11.7 Å². The second-order valence-corrected chi connectivity index (χ2v) is 9.69. The molecule has 1 amide bonds. The predicted octanol–water partition coefficient (Wildman–Crippen LogP) is 1.90. The van der Waals surface area contributed by atoms with E-state index in [2.05, 4.69) is 15.3 Å². The molecule has 0 unspecified atom stereocenters. The number of methoxy groups -OCH3 is 1. The molecule has 1 N–H and O–H groups in total. The molecule has 4 rings (SSSR count). The van der Waals surface area contributed by atoms with Crippen LogP contribution in [0.3, 0.4) is 0 Å². The van der Waals surface area contributed by atoms with Gasteiger partial charge in [0.25, 0.3) is 5.56 Å². The number of fused-ring (bicyclic) bond motifs is 1. The highest BCUT2D eigenvalue weighted by molar-refractivity contribution is 7.99. The van der Waals surface area contributed by atoms with Crippen molar-refractivity contribution in [2.45, 2.75) is 18.6 Å². The van der Waals surface area contributed by atoms with E-state index in [0.717, 1.165) is 27.7 Å². The van der Waals surface area contributed by atoms with E-state index in [1.807, 2.05) is 0 Å². The maximum absolute atomic E-state index is 13.4. The zero-order valence-corrected chi connectivity index (χ0v) is 21.3. The standard InChI is InChI=1S/C22H21FN6O5S2/c1-11-16(19(32)34-4)36-20(24-11)25-14(30)10-35-21-26-17-15(18(31)28(3)22(33)27(17)2)29(21)9-12-5-7-13(23)8-6-12/h5-8H,9-10H2,1-4H3,(H,24,25,30). The van der Waals surface area contributed by atoms with Crippen LogP contribution >= 0.6 is 23.1 Å². The fraction of sp³-hybridized carbons (Fsp3) is 0.273. The van der Waals surface area contributed by atoms with Gasteiger partial charge < -0.3 is 14.6 Å². The van der Waals surface area contributed by atoms with Crippen molar-refractivity contribution in [2.75, 3.05) is 18.2 Å². The average Bonchev–Trinajstić information content (AvgIpc) is 3.40. The van der Waals surface area contributed by atoms with E-state index in [1.165, 1.54) is 37.9 Å². The fourth-order valence-electron chi connectivity index (χ4n) is 3.47. The van der Waals surface area contributed by atoms with E-state index in [1.54, 1.807) is 23.6 Å². The normalized spacial score (nSPS) is 11.1. The zero-order valence-electron chi connectivity index (χ0n) is 19.7. The summed E-state index contributed by atoms with van der Waals surface area (Å²) in [7, 11) is 4.14. The van der Waals surface area contributed by atoms with Crippen molar-refractivity contribution < 1.29 is 18.7 Å². The van der Waals surface area contributed by atoms with E-state index in [0.29, 0.717) is 21.3 Å². The molecule has 4 aromatic rings. The Kier molecular flexibility index (Phi) is 7.08. The lowest BCUT2D eigenvalue weighted by atomic mass is 10.2. The molecule has 0 atom stereocenters. The number of benzene rings is 1. The Labute approximate surface area is 211 Å². The van der Waals surface area contributed by atoms with Gasteiger partial charge in [-0.05, 0) is 24.6 Å². The van der Waals surface area contributed by atoms with Gasteiger partial charge in [0.05, 0.1) is 25.1 Å². The number of aryl methyl sites for hydroxylation is 2. The average molecular weight is 533 g/mol. The van der Waals surface area contributed by atoms with E-state index in [9.17, 15) is 23.6 Å². The Morgan fingerprint density at radius 3 is 2.50 bits per heavy atom. The SMILES string of the molecule is COC(=O)c1sc(NC(=O)CSc2nc3c(c(=O)n(C)c(=O)n3C)n2Cc2ccc(F)cc2)nc1C. The topological polar surface area (TPSA) is 130 Å². The largest absolute Gasteiger partial charge is 0.465 e. The molecule has 188 valence electrons. The number of thioether (sulfide) groups is 1. The van der Waals surface area contributed by atoms with E-state index in [4.69, 9.17) is 4.74 Å². The summed E-state index contributed by atoms with van der Waals surface area (Å²) in [5.41, 5.74) is 0.428. The Bertz CT molecular complexity index is 1600. The van der Waals surface area contributed by atoms with Crippen molar-refractivity contribution in [3.05, 3.63) is 67.1 Å². The number of nitrogens with one attached hydrogen (secondary N) is 1. The number of esters is 1. The van der Waals surface area contributed by atoms with Crippen LogP contribution in [0.2, 0.25) is 0 Å². The first kappa shape index (κ1) is 25.3. The predicted molar refractivity (Wildman–Crippen MR) is 133 cm³/mol. The molecule has 0 saturated carbocycles. The molecule has 1 aromatic carbocycles. The van der Waals surface area contributed by atoms with E-state index in [-0.39, 0.29) is 28.6 Å². The van der Waals surface area contributed by atoms with E-state index >= 15 is 0 Å². The molecular formula is C22H21FN6O5S2. The van der Waals surface area contributed by atoms with Crippen molar-refractivity contribution in [3.63, 3.8) is 0 Å². The minimum absolute atomic E-state index is 0.0901. The summed E-state index contributed by atoms with van der Waals surface area (Å²) in [6.07, 6.45) is 0. The number of rotatable bonds is 7. The molecule has 3 heterocycles. The van der Waals surface area contributed by atoms with Crippen LogP contribution < -0.4 is 16.6 Å². The number of thiazole rings is 1. The smallest absolute Gasteiger partial charge is 0.350 e. The quantitative estimate of drug-likeness (QED) is 0.282. The Hall–Kier alpha value is -3.78. The number of ether oxygens (including phenoxy) is 1. The number of hydrogen-bond donors (Lipinski definition) is 1. The van der Waals surface area contributed by atoms with Crippen LogP contribution in [0, 0.1) is 12.7 Å². The summed E-state index contributed by atoms with van der Waals surface area (Å²) in [5.74, 6) is -1.44. The number of imidazole rings is 1. The number of carbonyl (C=O) groups excluding carboxylic acids is 2.